The lowest BCUT2D eigenvalue weighted by Crippen LogP contribution is -2.44. The van der Waals surface area contributed by atoms with E-state index < -0.39 is 0 Å². The summed E-state index contributed by atoms with van der Waals surface area (Å²) in [4.78, 5) is 29.2. The summed E-state index contributed by atoms with van der Waals surface area (Å²) in [5.74, 6) is -0.635. The minimum absolute atomic E-state index is 0.0683. The molecule has 0 saturated carbocycles. The van der Waals surface area contributed by atoms with Crippen molar-refractivity contribution in [2.45, 2.75) is 12.8 Å². The summed E-state index contributed by atoms with van der Waals surface area (Å²) in [6.45, 7) is 1.07. The predicted molar refractivity (Wildman–Crippen MR) is 93.6 cm³/mol. The molecule has 1 aromatic heterocycles. The van der Waals surface area contributed by atoms with Crippen LogP contribution in [0.3, 0.4) is 0 Å². The molecule has 1 atom stereocenters. The smallest absolute Gasteiger partial charge is 0.270 e. The number of piperidine rings is 1. The molecule has 3 aromatic rings. The van der Waals surface area contributed by atoms with Crippen LogP contribution in [0.5, 0.6) is 0 Å². The minimum atomic E-state index is -0.324. The van der Waals surface area contributed by atoms with Gasteiger partial charge >= 0.3 is 0 Å². The molecule has 5 heteroatoms. The molecular formula is C19H19N3O2. The number of nitrogens with one attached hydrogen (secondary N) is 1. The molecule has 0 radical (unpaired) electrons. The Bertz CT molecular complexity index is 944. The van der Waals surface area contributed by atoms with Crippen LogP contribution in [-0.2, 0) is 4.79 Å². The first kappa shape index (κ1) is 14.8. The summed E-state index contributed by atoms with van der Waals surface area (Å²) >= 11 is 0. The number of primary amides is 1. The number of hydrogen-bond donors (Lipinski definition) is 2. The molecular weight excluding hydrogens is 302 g/mol. The number of rotatable bonds is 2. The van der Waals surface area contributed by atoms with Crippen molar-refractivity contribution in [3.8, 4) is 0 Å². The van der Waals surface area contributed by atoms with Gasteiger partial charge in [-0.15, -0.1) is 0 Å². The minimum Gasteiger partial charge on any atom is -0.369 e. The van der Waals surface area contributed by atoms with E-state index in [9.17, 15) is 9.59 Å². The number of carbonyl (C=O) groups is 2. The van der Waals surface area contributed by atoms with Crippen LogP contribution < -0.4 is 5.73 Å². The van der Waals surface area contributed by atoms with Crippen LogP contribution in [0.4, 0.5) is 0 Å². The molecule has 3 N–H and O–H groups in total. The summed E-state index contributed by atoms with van der Waals surface area (Å²) in [7, 11) is 0. The van der Waals surface area contributed by atoms with Crippen molar-refractivity contribution in [1.29, 1.82) is 0 Å². The number of likely N-dealkylation sites (tertiary alicyclic amines) is 1. The van der Waals surface area contributed by atoms with Crippen molar-refractivity contribution in [2.75, 3.05) is 13.1 Å². The van der Waals surface area contributed by atoms with E-state index in [-0.39, 0.29) is 17.7 Å². The normalized spacial score (nSPS) is 18.2. The van der Waals surface area contributed by atoms with Gasteiger partial charge in [-0.2, -0.15) is 0 Å². The number of aromatic amines is 1. The topological polar surface area (TPSA) is 79.2 Å². The Balaban J connectivity index is 1.70. The number of benzene rings is 2. The molecule has 1 fully saturated rings. The maximum atomic E-state index is 12.8. The molecule has 1 aliphatic rings. The molecule has 1 aliphatic heterocycles. The molecule has 24 heavy (non-hydrogen) atoms. The van der Waals surface area contributed by atoms with Crippen molar-refractivity contribution in [3.05, 3.63) is 48.2 Å². The van der Waals surface area contributed by atoms with E-state index in [0.717, 1.165) is 34.5 Å². The van der Waals surface area contributed by atoms with Crippen LogP contribution in [-0.4, -0.2) is 34.8 Å². The molecule has 122 valence electrons. The second kappa shape index (κ2) is 5.67. The highest BCUT2D eigenvalue weighted by atomic mass is 16.2. The van der Waals surface area contributed by atoms with E-state index in [4.69, 9.17) is 5.73 Å². The average molecular weight is 321 g/mol. The molecule has 5 nitrogen and oxygen atoms in total. The first-order valence-electron chi connectivity index (χ1n) is 8.22. The lowest BCUT2D eigenvalue weighted by molar-refractivity contribution is -0.123. The van der Waals surface area contributed by atoms with Gasteiger partial charge in [0.2, 0.25) is 5.91 Å². The second-order valence-electron chi connectivity index (χ2n) is 6.42. The molecule has 2 heterocycles. The second-order valence-corrected chi connectivity index (χ2v) is 6.42. The quantitative estimate of drug-likeness (QED) is 0.761. The molecule has 0 aliphatic carbocycles. The summed E-state index contributed by atoms with van der Waals surface area (Å²) < 4.78 is 0. The summed E-state index contributed by atoms with van der Waals surface area (Å²) in [6.07, 6.45) is 1.57. The molecule has 0 unspecified atom stereocenters. The number of carbonyl (C=O) groups excluding carboxylic acids is 2. The highest BCUT2D eigenvalue weighted by Crippen LogP contribution is 2.27. The highest BCUT2D eigenvalue weighted by molar-refractivity contribution is 6.09. The number of H-pyrrole nitrogens is 1. The van der Waals surface area contributed by atoms with Gasteiger partial charge < -0.3 is 15.6 Å². The molecule has 0 spiro atoms. The molecule has 4 rings (SSSR count). The van der Waals surface area contributed by atoms with Crippen LogP contribution in [0.15, 0.2) is 42.5 Å². The molecule has 2 aromatic carbocycles. The third-order valence-electron chi connectivity index (χ3n) is 4.87. The van der Waals surface area contributed by atoms with Crippen molar-refractivity contribution in [3.63, 3.8) is 0 Å². The van der Waals surface area contributed by atoms with E-state index in [1.807, 2.05) is 30.3 Å². The fourth-order valence-electron chi connectivity index (χ4n) is 3.56. The van der Waals surface area contributed by atoms with Crippen LogP contribution in [0.1, 0.15) is 23.3 Å². The van der Waals surface area contributed by atoms with E-state index >= 15 is 0 Å². The number of fused-ring (bicyclic) bond motifs is 3. The lowest BCUT2D eigenvalue weighted by Gasteiger charge is -2.30. The zero-order chi connectivity index (χ0) is 16.7. The first-order chi connectivity index (χ1) is 11.6. The van der Waals surface area contributed by atoms with Gasteiger partial charge in [0.15, 0.2) is 0 Å². The number of amides is 2. The summed E-state index contributed by atoms with van der Waals surface area (Å²) in [6, 6.07) is 14.1. The van der Waals surface area contributed by atoms with Crippen LogP contribution in [0, 0.1) is 5.92 Å². The molecule has 2 amide bonds. The van der Waals surface area contributed by atoms with Gasteiger partial charge in [-0.1, -0.05) is 30.3 Å². The zero-order valence-electron chi connectivity index (χ0n) is 13.3. The van der Waals surface area contributed by atoms with Gasteiger partial charge in [-0.3, -0.25) is 9.59 Å². The maximum Gasteiger partial charge on any atom is 0.270 e. The Morgan fingerprint density at radius 1 is 1.12 bits per heavy atom. The van der Waals surface area contributed by atoms with E-state index in [1.165, 1.54) is 0 Å². The summed E-state index contributed by atoms with van der Waals surface area (Å²) in [5, 5.41) is 3.31. The fourth-order valence-corrected chi connectivity index (χ4v) is 3.56. The fraction of sp³-hybridized carbons (Fsp3) is 0.263. The van der Waals surface area contributed by atoms with Crippen molar-refractivity contribution < 1.29 is 9.59 Å². The Morgan fingerprint density at radius 2 is 1.96 bits per heavy atom. The van der Waals surface area contributed by atoms with Crippen molar-refractivity contribution in [2.24, 2.45) is 11.7 Å². The Labute approximate surface area is 139 Å². The standard InChI is InChI=1S/C19H19N3O2/c20-18(23)13-5-3-9-22(11-13)19(24)17-10-15-14-6-2-1-4-12(14)7-8-16(15)21-17/h1-2,4,6-8,10,13,21H,3,5,9,11H2,(H2,20,23)/t13-/m1/s1. The van der Waals surface area contributed by atoms with E-state index in [1.54, 1.807) is 4.90 Å². The molecule has 0 bridgehead atoms. The number of nitrogens with two attached hydrogens (primary N) is 1. The number of aromatic nitrogens is 1. The monoisotopic (exact) mass is 321 g/mol. The zero-order valence-corrected chi connectivity index (χ0v) is 13.3. The molecule has 1 saturated heterocycles. The SMILES string of the molecule is NC(=O)[C@@H]1CCCN(C(=O)c2cc3c(ccc4ccccc43)[nH]2)C1. The Morgan fingerprint density at radius 3 is 2.79 bits per heavy atom. The third-order valence-corrected chi connectivity index (χ3v) is 4.87. The number of hydrogen-bond acceptors (Lipinski definition) is 2. The van der Waals surface area contributed by atoms with Gasteiger partial charge in [0, 0.05) is 24.0 Å². The number of nitrogens with zero attached hydrogens (tertiary/aromatic N) is 1. The van der Waals surface area contributed by atoms with Crippen LogP contribution >= 0.6 is 0 Å². The Kier molecular flexibility index (Phi) is 3.49. The maximum absolute atomic E-state index is 12.8. The van der Waals surface area contributed by atoms with Crippen molar-refractivity contribution in [1.82, 2.24) is 9.88 Å². The van der Waals surface area contributed by atoms with E-state index in [2.05, 4.69) is 17.1 Å². The van der Waals surface area contributed by atoms with Crippen LogP contribution in [0.2, 0.25) is 0 Å². The van der Waals surface area contributed by atoms with Gasteiger partial charge in [0.05, 0.1) is 5.92 Å². The van der Waals surface area contributed by atoms with Crippen molar-refractivity contribution >= 4 is 33.5 Å². The third kappa shape index (κ3) is 2.42. The van der Waals surface area contributed by atoms with E-state index in [0.29, 0.717) is 18.8 Å². The van der Waals surface area contributed by atoms with Gasteiger partial charge in [-0.25, -0.2) is 0 Å². The van der Waals surface area contributed by atoms with Crippen LogP contribution in [0.25, 0.3) is 21.7 Å². The Hall–Kier alpha value is -2.82. The van der Waals surface area contributed by atoms with Gasteiger partial charge in [-0.05, 0) is 35.7 Å². The largest absolute Gasteiger partial charge is 0.369 e. The van der Waals surface area contributed by atoms with Gasteiger partial charge in [0.25, 0.3) is 5.91 Å². The van der Waals surface area contributed by atoms with Gasteiger partial charge in [0.1, 0.15) is 5.69 Å². The summed E-state index contributed by atoms with van der Waals surface area (Å²) in [5.41, 5.74) is 6.91. The highest BCUT2D eigenvalue weighted by Gasteiger charge is 2.28. The average Bonchev–Trinajstić information content (AvgIpc) is 3.06. The lowest BCUT2D eigenvalue weighted by atomic mass is 9.97. The predicted octanol–water partition coefficient (Wildman–Crippen LogP) is 2.66. The first-order valence-corrected chi connectivity index (χ1v) is 8.22.